The lowest BCUT2D eigenvalue weighted by Gasteiger charge is -2.08. The van der Waals surface area contributed by atoms with Gasteiger partial charge in [-0.05, 0) is 56.7 Å². The molecule has 0 unspecified atom stereocenters. The lowest BCUT2D eigenvalue weighted by molar-refractivity contribution is 0.0466. The van der Waals surface area contributed by atoms with Crippen LogP contribution in [0.2, 0.25) is 0 Å². The van der Waals surface area contributed by atoms with Gasteiger partial charge < -0.3 is 9.47 Å². The summed E-state index contributed by atoms with van der Waals surface area (Å²) in [5, 5.41) is 4.24. The Hall–Kier alpha value is -4.27. The predicted octanol–water partition coefficient (Wildman–Crippen LogP) is 3.03. The first kappa shape index (κ1) is 21.9. The Morgan fingerprint density at radius 3 is 2.48 bits per heavy atom. The van der Waals surface area contributed by atoms with E-state index in [4.69, 9.17) is 9.47 Å². The van der Waals surface area contributed by atoms with Crippen molar-refractivity contribution in [2.75, 3.05) is 6.61 Å². The average Bonchev–Trinajstić information content (AvgIpc) is 3.19. The minimum atomic E-state index is -0.545. The molecule has 1 aromatic carbocycles. The Balaban J connectivity index is 1.46. The van der Waals surface area contributed by atoms with Crippen molar-refractivity contribution in [3.05, 3.63) is 93.3 Å². The first-order valence-corrected chi connectivity index (χ1v) is 10.4. The number of nitrogens with zero attached hydrogens (tertiary/aromatic N) is 4. The minimum absolute atomic E-state index is 0.124. The maximum absolute atomic E-state index is 12.5. The van der Waals surface area contributed by atoms with Crippen molar-refractivity contribution in [1.29, 1.82) is 0 Å². The topological polar surface area (TPSA) is 105 Å². The number of hydrogen-bond donors (Lipinski definition) is 0. The van der Waals surface area contributed by atoms with Gasteiger partial charge in [-0.1, -0.05) is 6.07 Å². The minimum Gasteiger partial charge on any atom is -0.462 e. The van der Waals surface area contributed by atoms with Crippen molar-refractivity contribution in [2.24, 2.45) is 0 Å². The van der Waals surface area contributed by atoms with Crippen LogP contribution in [-0.4, -0.2) is 37.7 Å². The maximum Gasteiger partial charge on any atom is 0.341 e. The first-order chi connectivity index (χ1) is 15.9. The molecule has 0 aliphatic heterocycles. The number of aryl methyl sites for hydroxylation is 1. The van der Waals surface area contributed by atoms with Crippen LogP contribution in [0.15, 0.2) is 59.7 Å². The zero-order valence-electron chi connectivity index (χ0n) is 18.4. The highest BCUT2D eigenvalue weighted by Crippen LogP contribution is 2.16. The molecule has 9 nitrogen and oxygen atoms in total. The fourth-order valence-corrected chi connectivity index (χ4v) is 3.37. The summed E-state index contributed by atoms with van der Waals surface area (Å²) >= 11 is 0. The lowest BCUT2D eigenvalue weighted by atomic mass is 10.2. The Morgan fingerprint density at radius 2 is 1.76 bits per heavy atom. The van der Waals surface area contributed by atoms with Gasteiger partial charge in [0.15, 0.2) is 0 Å². The number of aromatic nitrogens is 4. The molecule has 3 heterocycles. The Labute approximate surface area is 189 Å². The van der Waals surface area contributed by atoms with Crippen LogP contribution >= 0.6 is 0 Å². The number of carbonyl (C=O) groups excluding carboxylic acids is 2. The quantitative estimate of drug-likeness (QED) is 0.419. The van der Waals surface area contributed by atoms with Gasteiger partial charge in [-0.25, -0.2) is 19.3 Å². The van der Waals surface area contributed by atoms with E-state index in [2.05, 4.69) is 10.1 Å². The maximum atomic E-state index is 12.5. The molecule has 0 saturated heterocycles. The molecule has 0 radical (unpaired) electrons. The van der Waals surface area contributed by atoms with Gasteiger partial charge in [-0.3, -0.25) is 9.20 Å². The molecule has 9 heteroatoms. The standard InChI is InChI=1S/C24H22N4O5/c1-4-32-24(31)20-12-25-28(16(20)3)19-8-6-17(7-9-19)23(30)33-14-18-11-22(29)27-13-15(2)5-10-21(27)26-18/h5-13H,4,14H2,1-3H3. The molecule has 0 saturated carbocycles. The van der Waals surface area contributed by atoms with E-state index >= 15 is 0 Å². The van der Waals surface area contributed by atoms with Crippen LogP contribution in [0.25, 0.3) is 11.3 Å². The second kappa shape index (κ2) is 9.07. The summed E-state index contributed by atoms with van der Waals surface area (Å²) in [5.74, 6) is -0.977. The molecular formula is C24H22N4O5. The monoisotopic (exact) mass is 446 g/mol. The van der Waals surface area contributed by atoms with Crippen LogP contribution in [0.1, 0.15) is 44.6 Å². The molecule has 33 heavy (non-hydrogen) atoms. The van der Waals surface area contributed by atoms with Crippen molar-refractivity contribution in [3.8, 4) is 5.69 Å². The van der Waals surface area contributed by atoms with E-state index in [1.54, 1.807) is 55.1 Å². The van der Waals surface area contributed by atoms with Crippen molar-refractivity contribution >= 4 is 17.6 Å². The SMILES string of the molecule is CCOC(=O)c1cnn(-c2ccc(C(=O)OCc3cc(=O)n4cc(C)ccc4n3)cc2)c1C. The summed E-state index contributed by atoms with van der Waals surface area (Å²) in [7, 11) is 0. The molecule has 3 aromatic heterocycles. The number of carbonyl (C=O) groups is 2. The van der Waals surface area contributed by atoms with Gasteiger partial charge in [-0.15, -0.1) is 0 Å². The number of pyridine rings is 1. The summed E-state index contributed by atoms with van der Waals surface area (Å²) in [4.78, 5) is 41.1. The summed E-state index contributed by atoms with van der Waals surface area (Å²) < 4.78 is 13.4. The molecule has 0 bridgehead atoms. The van der Waals surface area contributed by atoms with Crippen LogP contribution < -0.4 is 5.56 Å². The number of fused-ring (bicyclic) bond motifs is 1. The molecule has 0 N–H and O–H groups in total. The number of ether oxygens (including phenoxy) is 2. The van der Waals surface area contributed by atoms with Crippen molar-refractivity contribution < 1.29 is 19.1 Å². The number of rotatable bonds is 6. The lowest BCUT2D eigenvalue weighted by Crippen LogP contribution is -2.17. The Kier molecular flexibility index (Phi) is 6.03. The molecule has 0 atom stereocenters. The predicted molar refractivity (Wildman–Crippen MR) is 120 cm³/mol. The molecule has 0 aliphatic rings. The molecule has 0 aliphatic carbocycles. The Bertz CT molecular complexity index is 1400. The summed E-state index contributed by atoms with van der Waals surface area (Å²) in [6.45, 7) is 5.55. The van der Waals surface area contributed by atoms with Crippen molar-refractivity contribution in [2.45, 2.75) is 27.4 Å². The normalized spacial score (nSPS) is 10.9. The van der Waals surface area contributed by atoms with E-state index in [1.165, 1.54) is 16.7 Å². The highest BCUT2D eigenvalue weighted by molar-refractivity contribution is 5.91. The van der Waals surface area contributed by atoms with Crippen molar-refractivity contribution in [1.82, 2.24) is 19.2 Å². The number of esters is 2. The Morgan fingerprint density at radius 1 is 1.00 bits per heavy atom. The third kappa shape index (κ3) is 4.52. The second-order valence-electron chi connectivity index (χ2n) is 7.42. The smallest absolute Gasteiger partial charge is 0.341 e. The first-order valence-electron chi connectivity index (χ1n) is 10.4. The molecule has 4 rings (SSSR count). The van der Waals surface area contributed by atoms with E-state index in [0.29, 0.717) is 33.8 Å². The van der Waals surface area contributed by atoms with Crippen LogP contribution in [0, 0.1) is 13.8 Å². The highest BCUT2D eigenvalue weighted by Gasteiger charge is 2.16. The van der Waals surface area contributed by atoms with Crippen LogP contribution in [0.4, 0.5) is 0 Å². The molecular weight excluding hydrogens is 424 g/mol. The third-order valence-electron chi connectivity index (χ3n) is 5.06. The summed E-state index contributed by atoms with van der Waals surface area (Å²) in [6, 6.07) is 11.6. The van der Waals surface area contributed by atoms with E-state index in [-0.39, 0.29) is 18.8 Å². The molecule has 168 valence electrons. The average molecular weight is 446 g/mol. The molecule has 4 aromatic rings. The van der Waals surface area contributed by atoms with Crippen LogP contribution in [-0.2, 0) is 16.1 Å². The molecule has 0 fully saturated rings. The van der Waals surface area contributed by atoms with E-state index in [9.17, 15) is 14.4 Å². The fourth-order valence-electron chi connectivity index (χ4n) is 3.37. The van der Waals surface area contributed by atoms with Gasteiger partial charge in [0.25, 0.3) is 5.56 Å². The van der Waals surface area contributed by atoms with E-state index in [1.807, 2.05) is 13.0 Å². The zero-order valence-corrected chi connectivity index (χ0v) is 18.4. The van der Waals surface area contributed by atoms with Gasteiger partial charge in [0.1, 0.15) is 17.8 Å². The van der Waals surface area contributed by atoms with Gasteiger partial charge in [0, 0.05) is 12.3 Å². The van der Waals surface area contributed by atoms with Gasteiger partial charge in [0.05, 0.1) is 35.4 Å². The van der Waals surface area contributed by atoms with Crippen molar-refractivity contribution in [3.63, 3.8) is 0 Å². The highest BCUT2D eigenvalue weighted by atomic mass is 16.5. The fraction of sp³-hybridized carbons (Fsp3) is 0.208. The van der Waals surface area contributed by atoms with E-state index in [0.717, 1.165) is 5.56 Å². The third-order valence-corrected chi connectivity index (χ3v) is 5.06. The second-order valence-corrected chi connectivity index (χ2v) is 7.42. The van der Waals surface area contributed by atoms with Gasteiger partial charge in [0.2, 0.25) is 0 Å². The van der Waals surface area contributed by atoms with Gasteiger partial charge in [-0.2, -0.15) is 5.10 Å². The number of hydrogen-bond acceptors (Lipinski definition) is 7. The number of benzene rings is 1. The summed E-state index contributed by atoms with van der Waals surface area (Å²) in [5.41, 5.74) is 3.59. The largest absolute Gasteiger partial charge is 0.462 e. The molecule has 0 amide bonds. The van der Waals surface area contributed by atoms with Crippen LogP contribution in [0.3, 0.4) is 0 Å². The van der Waals surface area contributed by atoms with Crippen LogP contribution in [0.5, 0.6) is 0 Å². The summed E-state index contributed by atoms with van der Waals surface area (Å²) in [6.07, 6.45) is 3.16. The van der Waals surface area contributed by atoms with Gasteiger partial charge >= 0.3 is 11.9 Å². The van der Waals surface area contributed by atoms with E-state index < -0.39 is 11.9 Å². The zero-order chi connectivity index (χ0) is 23.5. The molecule has 0 spiro atoms.